The summed E-state index contributed by atoms with van der Waals surface area (Å²) in [5, 5.41) is 2.83. The fourth-order valence-corrected chi connectivity index (χ4v) is 3.32. The van der Waals surface area contributed by atoms with E-state index in [-0.39, 0.29) is 24.2 Å². The number of amides is 1. The number of sulfonamides is 1. The molecule has 0 saturated carbocycles. The van der Waals surface area contributed by atoms with Gasteiger partial charge in [-0.25, -0.2) is 8.42 Å². The lowest BCUT2D eigenvalue weighted by Crippen LogP contribution is -2.52. The molecule has 0 bridgehead atoms. The smallest absolute Gasteiger partial charge is 0.263 e. The molecule has 2 atom stereocenters. The molecule has 0 saturated heterocycles. The number of benzene rings is 1. The van der Waals surface area contributed by atoms with E-state index in [0.717, 1.165) is 6.42 Å². The molecule has 1 aromatic carbocycles. The van der Waals surface area contributed by atoms with E-state index in [0.29, 0.717) is 11.4 Å². The highest BCUT2D eigenvalue weighted by Crippen LogP contribution is 2.35. The van der Waals surface area contributed by atoms with Crippen molar-refractivity contribution < 1.29 is 17.9 Å². The Morgan fingerprint density at radius 3 is 2.73 bits per heavy atom. The second-order valence-electron chi connectivity index (χ2n) is 5.32. The molecule has 0 fully saturated rings. The Balaban J connectivity index is 2.31. The minimum atomic E-state index is -3.46. The summed E-state index contributed by atoms with van der Waals surface area (Å²) in [6.45, 7) is 5.45. The molecule has 0 radical (unpaired) electrons. The van der Waals surface area contributed by atoms with Crippen LogP contribution in [0.4, 0.5) is 5.69 Å². The lowest BCUT2D eigenvalue weighted by atomic mass is 10.2. The fraction of sp³-hybridized carbons (Fsp3) is 0.533. The summed E-state index contributed by atoms with van der Waals surface area (Å²) in [7, 11) is -3.46. The van der Waals surface area contributed by atoms with Crippen LogP contribution in [-0.2, 0) is 14.8 Å². The summed E-state index contributed by atoms with van der Waals surface area (Å²) < 4.78 is 31.6. The van der Waals surface area contributed by atoms with Crippen LogP contribution in [-0.4, -0.2) is 38.8 Å². The van der Waals surface area contributed by atoms with Crippen LogP contribution < -0.4 is 14.4 Å². The van der Waals surface area contributed by atoms with Gasteiger partial charge in [0, 0.05) is 6.04 Å². The number of nitrogens with one attached hydrogen (secondary N) is 1. The summed E-state index contributed by atoms with van der Waals surface area (Å²) in [6, 6.07) is 6.89. The van der Waals surface area contributed by atoms with Crippen molar-refractivity contribution >= 4 is 21.6 Å². The molecular formula is C15H22N2O4S. The maximum atomic E-state index is 12.3. The standard InChI is InChI=1S/C15H22N2O4S/c1-4-11(3)16-15(18)14-10-17(22(19,20)5-2)12-8-6-7-9-13(12)21-14/h6-9,11,14H,4-5,10H2,1-3H3,(H,16,18)/t11-,14-/m0/s1. The third-order valence-corrected chi connectivity index (χ3v) is 5.48. The van der Waals surface area contributed by atoms with Gasteiger partial charge in [0.05, 0.1) is 18.0 Å². The average Bonchev–Trinajstić information content (AvgIpc) is 2.53. The number of carbonyl (C=O) groups excluding carboxylic acids is 1. The monoisotopic (exact) mass is 326 g/mol. The number of nitrogens with zero attached hydrogens (tertiary/aromatic N) is 1. The van der Waals surface area contributed by atoms with Crippen LogP contribution in [0, 0.1) is 0 Å². The summed E-state index contributed by atoms with van der Waals surface area (Å²) >= 11 is 0. The van der Waals surface area contributed by atoms with Crippen molar-refractivity contribution in [3.63, 3.8) is 0 Å². The highest BCUT2D eigenvalue weighted by atomic mass is 32.2. The van der Waals surface area contributed by atoms with Crippen molar-refractivity contribution in [1.29, 1.82) is 0 Å². The Labute approximate surface area is 131 Å². The molecule has 1 amide bonds. The summed E-state index contributed by atoms with van der Waals surface area (Å²) in [4.78, 5) is 12.3. The Hall–Kier alpha value is -1.76. The van der Waals surface area contributed by atoms with Crippen LogP contribution in [0.25, 0.3) is 0 Å². The first-order chi connectivity index (χ1) is 10.4. The van der Waals surface area contributed by atoms with Crippen molar-refractivity contribution in [2.24, 2.45) is 0 Å². The van der Waals surface area contributed by atoms with Crippen LogP contribution in [0.5, 0.6) is 5.75 Å². The minimum absolute atomic E-state index is 0.00451. The number of hydrogen-bond acceptors (Lipinski definition) is 4. The fourth-order valence-electron chi connectivity index (χ4n) is 2.20. The molecular weight excluding hydrogens is 304 g/mol. The van der Waals surface area contributed by atoms with Gasteiger partial charge in [-0.1, -0.05) is 19.1 Å². The number of anilines is 1. The molecule has 0 spiro atoms. The van der Waals surface area contributed by atoms with E-state index in [1.54, 1.807) is 31.2 Å². The van der Waals surface area contributed by atoms with Crippen LogP contribution >= 0.6 is 0 Å². The van der Waals surface area contributed by atoms with Crippen molar-refractivity contribution in [3.05, 3.63) is 24.3 Å². The average molecular weight is 326 g/mol. The lowest BCUT2D eigenvalue weighted by molar-refractivity contribution is -0.128. The van der Waals surface area contributed by atoms with E-state index in [4.69, 9.17) is 4.74 Å². The van der Waals surface area contributed by atoms with E-state index >= 15 is 0 Å². The molecule has 22 heavy (non-hydrogen) atoms. The second-order valence-corrected chi connectivity index (χ2v) is 7.51. The molecule has 122 valence electrons. The largest absolute Gasteiger partial charge is 0.476 e. The van der Waals surface area contributed by atoms with Crippen molar-refractivity contribution in [1.82, 2.24) is 5.32 Å². The Morgan fingerprint density at radius 2 is 2.09 bits per heavy atom. The highest BCUT2D eigenvalue weighted by Gasteiger charge is 2.36. The highest BCUT2D eigenvalue weighted by molar-refractivity contribution is 7.92. The first kappa shape index (κ1) is 16.6. The van der Waals surface area contributed by atoms with Crippen molar-refractivity contribution in [2.75, 3.05) is 16.6 Å². The number of para-hydroxylation sites is 2. The van der Waals surface area contributed by atoms with E-state index in [1.165, 1.54) is 4.31 Å². The lowest BCUT2D eigenvalue weighted by Gasteiger charge is -2.34. The number of hydrogen-bond donors (Lipinski definition) is 1. The van der Waals surface area contributed by atoms with E-state index in [1.807, 2.05) is 13.8 Å². The zero-order chi connectivity index (χ0) is 16.3. The molecule has 0 unspecified atom stereocenters. The number of carbonyl (C=O) groups is 1. The van der Waals surface area contributed by atoms with Crippen LogP contribution in [0.3, 0.4) is 0 Å². The molecule has 1 aliphatic heterocycles. The van der Waals surface area contributed by atoms with Crippen LogP contribution in [0.15, 0.2) is 24.3 Å². The number of ether oxygens (including phenoxy) is 1. The van der Waals surface area contributed by atoms with Crippen molar-refractivity contribution in [2.45, 2.75) is 39.3 Å². The molecule has 1 aromatic rings. The van der Waals surface area contributed by atoms with Gasteiger partial charge < -0.3 is 10.1 Å². The van der Waals surface area contributed by atoms with Gasteiger partial charge in [0.15, 0.2) is 6.10 Å². The summed E-state index contributed by atoms with van der Waals surface area (Å²) in [5.74, 6) is 0.0938. The number of rotatable bonds is 5. The topological polar surface area (TPSA) is 75.7 Å². The normalized spacial score (nSPS) is 19.0. The van der Waals surface area contributed by atoms with E-state index in [2.05, 4.69) is 5.32 Å². The molecule has 1 N–H and O–H groups in total. The molecule has 1 aliphatic rings. The quantitative estimate of drug-likeness (QED) is 0.890. The van der Waals surface area contributed by atoms with Crippen molar-refractivity contribution in [3.8, 4) is 5.75 Å². The second kappa shape index (κ2) is 6.56. The maximum absolute atomic E-state index is 12.3. The third kappa shape index (κ3) is 3.35. The predicted molar refractivity (Wildman–Crippen MR) is 85.6 cm³/mol. The summed E-state index contributed by atoms with van der Waals surface area (Å²) in [6.07, 6.45) is -0.0447. The Kier molecular flexibility index (Phi) is 4.95. The maximum Gasteiger partial charge on any atom is 0.263 e. The van der Waals surface area contributed by atoms with E-state index < -0.39 is 16.1 Å². The van der Waals surface area contributed by atoms with Gasteiger partial charge in [-0.05, 0) is 32.4 Å². The van der Waals surface area contributed by atoms with Gasteiger partial charge in [-0.2, -0.15) is 0 Å². The third-order valence-electron chi connectivity index (χ3n) is 3.73. The first-order valence-corrected chi connectivity index (χ1v) is 9.06. The minimum Gasteiger partial charge on any atom is -0.476 e. The Morgan fingerprint density at radius 1 is 1.41 bits per heavy atom. The molecule has 0 aromatic heterocycles. The van der Waals surface area contributed by atoms with Crippen LogP contribution in [0.1, 0.15) is 27.2 Å². The zero-order valence-electron chi connectivity index (χ0n) is 13.1. The SMILES string of the molecule is CC[C@H](C)NC(=O)[C@@H]1CN(S(=O)(=O)CC)c2ccccc2O1. The van der Waals surface area contributed by atoms with Crippen LogP contribution in [0.2, 0.25) is 0 Å². The van der Waals surface area contributed by atoms with Gasteiger partial charge in [-0.3, -0.25) is 9.10 Å². The van der Waals surface area contributed by atoms with Gasteiger partial charge in [0.2, 0.25) is 10.0 Å². The summed E-state index contributed by atoms with van der Waals surface area (Å²) in [5.41, 5.74) is 0.483. The number of fused-ring (bicyclic) bond motifs is 1. The van der Waals surface area contributed by atoms with Gasteiger partial charge in [0.25, 0.3) is 5.91 Å². The van der Waals surface area contributed by atoms with Gasteiger partial charge in [-0.15, -0.1) is 0 Å². The zero-order valence-corrected chi connectivity index (χ0v) is 13.9. The van der Waals surface area contributed by atoms with E-state index in [9.17, 15) is 13.2 Å². The Bertz CT molecular complexity index is 645. The molecule has 6 nitrogen and oxygen atoms in total. The predicted octanol–water partition coefficient (Wildman–Crippen LogP) is 1.52. The molecule has 0 aliphatic carbocycles. The van der Waals surface area contributed by atoms with Gasteiger partial charge >= 0.3 is 0 Å². The van der Waals surface area contributed by atoms with Gasteiger partial charge in [0.1, 0.15) is 5.75 Å². The molecule has 7 heteroatoms. The first-order valence-electron chi connectivity index (χ1n) is 7.45. The molecule has 2 rings (SSSR count). The molecule has 1 heterocycles.